The van der Waals surface area contributed by atoms with Crippen LogP contribution in [0.4, 0.5) is 11.6 Å². The number of aryl methyl sites for hydroxylation is 1. The Hall–Kier alpha value is -3.33. The van der Waals surface area contributed by atoms with Crippen molar-refractivity contribution in [2.45, 2.75) is 32.6 Å². The lowest BCUT2D eigenvalue weighted by Crippen LogP contribution is -2.37. The van der Waals surface area contributed by atoms with E-state index in [1.165, 1.54) is 24.6 Å². The van der Waals surface area contributed by atoms with E-state index in [9.17, 15) is 4.79 Å². The average molecular weight is 419 g/mol. The zero-order chi connectivity index (χ0) is 21.2. The molecule has 9 nitrogen and oxygen atoms in total. The number of anilines is 2. The number of amides is 1. The summed E-state index contributed by atoms with van der Waals surface area (Å²) in [5.74, 6) is 1.58. The molecule has 1 aliphatic heterocycles. The van der Waals surface area contributed by atoms with E-state index in [2.05, 4.69) is 15.3 Å². The van der Waals surface area contributed by atoms with Gasteiger partial charge in [-0.1, -0.05) is 12.1 Å². The van der Waals surface area contributed by atoms with Gasteiger partial charge in [0, 0.05) is 31.3 Å². The summed E-state index contributed by atoms with van der Waals surface area (Å²) in [7, 11) is 0. The molecule has 3 aromatic rings. The highest BCUT2D eigenvalue weighted by atomic mass is 16.5. The molecule has 0 atom stereocenters. The van der Waals surface area contributed by atoms with Crippen molar-refractivity contribution in [3.8, 4) is 17.3 Å². The second kappa shape index (κ2) is 8.43. The van der Waals surface area contributed by atoms with Crippen LogP contribution < -0.4 is 10.2 Å². The van der Waals surface area contributed by atoms with E-state index < -0.39 is 0 Å². The lowest BCUT2D eigenvalue weighted by Gasteiger charge is -2.27. The molecule has 1 amide bonds. The number of carbonyl (C=O) groups is 1. The molecule has 0 unspecified atom stereocenters. The fourth-order valence-electron chi connectivity index (χ4n) is 4.08. The van der Waals surface area contributed by atoms with E-state index in [4.69, 9.17) is 19.7 Å². The minimum absolute atomic E-state index is 0.120. The van der Waals surface area contributed by atoms with Crippen molar-refractivity contribution in [2.75, 3.05) is 36.5 Å². The lowest BCUT2D eigenvalue weighted by molar-refractivity contribution is -0.114. The van der Waals surface area contributed by atoms with Gasteiger partial charge in [-0.2, -0.15) is 20.1 Å². The van der Waals surface area contributed by atoms with Crippen molar-refractivity contribution in [3.63, 3.8) is 0 Å². The maximum Gasteiger partial charge on any atom is 0.256 e. The van der Waals surface area contributed by atoms with Crippen molar-refractivity contribution in [3.05, 3.63) is 41.7 Å². The number of hydrogen-bond acceptors (Lipinski definition) is 7. The number of fused-ring (bicyclic) bond motifs is 1. The average Bonchev–Trinajstić information content (AvgIpc) is 3.23. The third-order valence-corrected chi connectivity index (χ3v) is 5.60. The Kier molecular flexibility index (Phi) is 5.33. The highest BCUT2D eigenvalue weighted by Crippen LogP contribution is 2.26. The van der Waals surface area contributed by atoms with Gasteiger partial charge >= 0.3 is 0 Å². The van der Waals surface area contributed by atoms with Gasteiger partial charge in [0.2, 0.25) is 11.9 Å². The first-order valence-corrected chi connectivity index (χ1v) is 10.7. The maximum absolute atomic E-state index is 11.5. The van der Waals surface area contributed by atoms with Crippen molar-refractivity contribution < 1.29 is 9.53 Å². The number of aromatic nitrogens is 5. The highest BCUT2D eigenvalue weighted by molar-refractivity contribution is 5.89. The molecule has 1 aromatic carbocycles. The summed E-state index contributed by atoms with van der Waals surface area (Å²) in [6.45, 7) is 4.24. The summed E-state index contributed by atoms with van der Waals surface area (Å²) in [6, 6.07) is 7.54. The van der Waals surface area contributed by atoms with Crippen molar-refractivity contribution >= 4 is 17.5 Å². The quantitative estimate of drug-likeness (QED) is 0.693. The molecule has 9 heteroatoms. The molecule has 31 heavy (non-hydrogen) atoms. The van der Waals surface area contributed by atoms with E-state index >= 15 is 0 Å². The van der Waals surface area contributed by atoms with E-state index in [1.807, 2.05) is 35.1 Å². The molecule has 160 valence electrons. The van der Waals surface area contributed by atoms with Crippen LogP contribution in [-0.4, -0.2) is 56.9 Å². The molecule has 1 fully saturated rings. The van der Waals surface area contributed by atoms with Gasteiger partial charge in [-0.15, -0.1) is 0 Å². The Morgan fingerprint density at radius 2 is 1.87 bits per heavy atom. The number of carbonyl (C=O) groups excluding carboxylic acids is 1. The third kappa shape index (κ3) is 4.13. The van der Waals surface area contributed by atoms with Crippen LogP contribution in [-0.2, 0) is 22.4 Å². The molecular weight excluding hydrogens is 394 g/mol. The van der Waals surface area contributed by atoms with Crippen molar-refractivity contribution in [1.29, 1.82) is 0 Å². The second-order valence-corrected chi connectivity index (χ2v) is 7.86. The van der Waals surface area contributed by atoms with Gasteiger partial charge in [-0.3, -0.25) is 4.79 Å². The Morgan fingerprint density at radius 1 is 1.06 bits per heavy atom. The first-order chi connectivity index (χ1) is 15.2. The van der Waals surface area contributed by atoms with Crippen LogP contribution in [0, 0.1) is 0 Å². The van der Waals surface area contributed by atoms with Crippen LogP contribution in [0.15, 0.2) is 30.5 Å². The summed E-state index contributed by atoms with van der Waals surface area (Å²) >= 11 is 0. The standard InChI is InChI=1S/C22H25N7O2/c1-15(30)24-18-7-4-6-16(13-18)20-25-21(28-9-11-31-12-10-28)27-22(26-20)29-19-8-3-2-5-17(19)14-23-29/h4,6-7,13-14H,2-3,5,8-12H2,1H3,(H,24,30). The fourth-order valence-corrected chi connectivity index (χ4v) is 4.08. The second-order valence-electron chi connectivity index (χ2n) is 7.86. The van der Waals surface area contributed by atoms with Crippen molar-refractivity contribution in [2.24, 2.45) is 0 Å². The summed E-state index contributed by atoms with van der Waals surface area (Å²) in [4.78, 5) is 27.9. The van der Waals surface area contributed by atoms with Gasteiger partial charge in [-0.05, 0) is 43.4 Å². The first-order valence-electron chi connectivity index (χ1n) is 10.7. The van der Waals surface area contributed by atoms with Gasteiger partial charge in [0.25, 0.3) is 5.95 Å². The number of morpholine rings is 1. The predicted octanol–water partition coefficient (Wildman–Crippen LogP) is 2.40. The number of nitrogens with zero attached hydrogens (tertiary/aromatic N) is 6. The Morgan fingerprint density at radius 3 is 2.71 bits per heavy atom. The molecule has 0 bridgehead atoms. The molecule has 5 rings (SSSR count). The van der Waals surface area contributed by atoms with Gasteiger partial charge in [0.1, 0.15) is 0 Å². The van der Waals surface area contributed by atoms with Crippen LogP contribution in [0.2, 0.25) is 0 Å². The van der Waals surface area contributed by atoms with Crippen LogP contribution >= 0.6 is 0 Å². The zero-order valence-corrected chi connectivity index (χ0v) is 17.5. The minimum atomic E-state index is -0.120. The Bertz CT molecular complexity index is 1100. The SMILES string of the molecule is CC(=O)Nc1cccc(-c2nc(N3CCOCC3)nc(-n3ncc4c3CCCC4)n2)c1. The summed E-state index contributed by atoms with van der Waals surface area (Å²) < 4.78 is 7.36. The Balaban J connectivity index is 1.60. The van der Waals surface area contributed by atoms with E-state index in [0.29, 0.717) is 36.6 Å². The van der Waals surface area contributed by atoms with E-state index in [-0.39, 0.29) is 5.91 Å². The van der Waals surface area contributed by atoms with Gasteiger partial charge in [-0.25, -0.2) is 4.68 Å². The molecule has 2 aliphatic rings. The molecule has 0 radical (unpaired) electrons. The van der Waals surface area contributed by atoms with Crippen molar-refractivity contribution in [1.82, 2.24) is 24.7 Å². The highest BCUT2D eigenvalue weighted by Gasteiger charge is 2.22. The fraction of sp³-hybridized carbons (Fsp3) is 0.409. The first kappa shape index (κ1) is 19.6. The number of rotatable bonds is 4. The monoisotopic (exact) mass is 419 g/mol. The number of nitrogens with one attached hydrogen (secondary N) is 1. The predicted molar refractivity (Wildman–Crippen MR) is 116 cm³/mol. The number of hydrogen-bond donors (Lipinski definition) is 1. The normalized spacial score (nSPS) is 16.1. The van der Waals surface area contributed by atoms with Gasteiger partial charge in [0.15, 0.2) is 5.82 Å². The topological polar surface area (TPSA) is 98.1 Å². The summed E-state index contributed by atoms with van der Waals surface area (Å²) in [6.07, 6.45) is 6.29. The maximum atomic E-state index is 11.5. The Labute approximate surface area is 180 Å². The van der Waals surface area contributed by atoms with Crippen LogP contribution in [0.25, 0.3) is 17.3 Å². The molecule has 1 aliphatic carbocycles. The van der Waals surface area contributed by atoms with E-state index in [1.54, 1.807) is 0 Å². The molecule has 1 N–H and O–H groups in total. The number of benzene rings is 1. The van der Waals surface area contributed by atoms with Crippen LogP contribution in [0.1, 0.15) is 31.0 Å². The van der Waals surface area contributed by atoms with Gasteiger partial charge in [0.05, 0.1) is 25.1 Å². The summed E-state index contributed by atoms with van der Waals surface area (Å²) in [5.41, 5.74) is 3.97. The minimum Gasteiger partial charge on any atom is -0.378 e. The molecule has 3 heterocycles. The van der Waals surface area contributed by atoms with Gasteiger partial charge < -0.3 is 15.0 Å². The number of ether oxygens (including phenoxy) is 1. The molecule has 1 saturated heterocycles. The van der Waals surface area contributed by atoms with Crippen LogP contribution in [0.3, 0.4) is 0 Å². The third-order valence-electron chi connectivity index (χ3n) is 5.60. The smallest absolute Gasteiger partial charge is 0.256 e. The molecule has 0 saturated carbocycles. The summed E-state index contributed by atoms with van der Waals surface area (Å²) in [5, 5.41) is 7.43. The molecule has 2 aromatic heterocycles. The molecular formula is C22H25N7O2. The van der Waals surface area contributed by atoms with E-state index in [0.717, 1.165) is 37.9 Å². The lowest BCUT2D eigenvalue weighted by atomic mass is 9.98. The zero-order valence-electron chi connectivity index (χ0n) is 17.5. The van der Waals surface area contributed by atoms with Crippen LogP contribution in [0.5, 0.6) is 0 Å². The largest absolute Gasteiger partial charge is 0.378 e. The molecule has 0 spiro atoms.